The van der Waals surface area contributed by atoms with Gasteiger partial charge in [-0.05, 0) is 95.0 Å². The first-order valence-corrected chi connectivity index (χ1v) is 7.60. The zero-order valence-electron chi connectivity index (χ0n) is 14.6. The van der Waals surface area contributed by atoms with Crippen LogP contribution in [0.25, 0.3) is 0 Å². The lowest BCUT2D eigenvalue weighted by molar-refractivity contribution is 0.496. The molecule has 1 unspecified atom stereocenters. The fourth-order valence-electron chi connectivity index (χ4n) is 3.35. The van der Waals surface area contributed by atoms with Crippen LogP contribution in [0.4, 0.5) is 0 Å². The first-order chi connectivity index (χ1) is 9.79. The van der Waals surface area contributed by atoms with Crippen LogP contribution in [-0.2, 0) is 0 Å². The van der Waals surface area contributed by atoms with Crippen molar-refractivity contribution >= 4 is 0 Å². The smallest absolute Gasteiger partial charge is 0.106 e. The Kier molecular flexibility index (Phi) is 4.29. The Balaban J connectivity index is 2.72. The third-order valence-corrected chi connectivity index (χ3v) is 5.03. The standard InChI is InChI=1S/C19H27NO/c1-10-9-17(16(7)21-10)19(20-8)18-14(5)12(3)11(2)13(4)15(18)6/h9,19-20H,1-8H3. The van der Waals surface area contributed by atoms with Crippen LogP contribution in [0, 0.1) is 48.5 Å². The summed E-state index contributed by atoms with van der Waals surface area (Å²) < 4.78 is 5.74. The number of benzene rings is 1. The van der Waals surface area contributed by atoms with E-state index in [1.807, 2.05) is 20.9 Å². The summed E-state index contributed by atoms with van der Waals surface area (Å²) >= 11 is 0. The summed E-state index contributed by atoms with van der Waals surface area (Å²) in [6, 6.07) is 2.33. The number of aryl methyl sites for hydroxylation is 2. The fraction of sp³-hybridized carbons (Fsp3) is 0.474. The first-order valence-electron chi connectivity index (χ1n) is 7.60. The van der Waals surface area contributed by atoms with E-state index < -0.39 is 0 Å². The third-order valence-electron chi connectivity index (χ3n) is 5.03. The van der Waals surface area contributed by atoms with Gasteiger partial charge in [0, 0.05) is 5.56 Å². The number of furan rings is 1. The van der Waals surface area contributed by atoms with E-state index in [1.165, 1.54) is 38.9 Å². The van der Waals surface area contributed by atoms with Crippen molar-refractivity contribution in [3.63, 3.8) is 0 Å². The Morgan fingerprint density at radius 3 is 1.67 bits per heavy atom. The average molecular weight is 285 g/mol. The van der Waals surface area contributed by atoms with Crippen molar-refractivity contribution in [2.45, 2.75) is 54.5 Å². The van der Waals surface area contributed by atoms with Crippen LogP contribution in [0.5, 0.6) is 0 Å². The van der Waals surface area contributed by atoms with Crippen molar-refractivity contribution in [3.05, 3.63) is 56.5 Å². The lowest BCUT2D eigenvalue weighted by Gasteiger charge is -2.25. The van der Waals surface area contributed by atoms with Gasteiger partial charge in [-0.1, -0.05) is 0 Å². The van der Waals surface area contributed by atoms with Gasteiger partial charge in [-0.15, -0.1) is 0 Å². The summed E-state index contributed by atoms with van der Waals surface area (Å²) in [6.45, 7) is 15.2. The number of hydrogen-bond acceptors (Lipinski definition) is 2. The highest BCUT2D eigenvalue weighted by Gasteiger charge is 2.23. The van der Waals surface area contributed by atoms with E-state index in [4.69, 9.17) is 4.42 Å². The quantitative estimate of drug-likeness (QED) is 0.880. The van der Waals surface area contributed by atoms with E-state index in [0.717, 1.165) is 11.5 Å². The van der Waals surface area contributed by atoms with Crippen LogP contribution in [0.2, 0.25) is 0 Å². The van der Waals surface area contributed by atoms with Gasteiger partial charge in [0.2, 0.25) is 0 Å². The van der Waals surface area contributed by atoms with E-state index in [0.29, 0.717) is 0 Å². The number of nitrogens with one attached hydrogen (secondary N) is 1. The summed E-state index contributed by atoms with van der Waals surface area (Å²) in [6.07, 6.45) is 0. The van der Waals surface area contributed by atoms with Crippen LogP contribution in [0.15, 0.2) is 10.5 Å². The van der Waals surface area contributed by atoms with E-state index in [-0.39, 0.29) is 6.04 Å². The van der Waals surface area contributed by atoms with Crippen LogP contribution in [0.1, 0.15) is 56.5 Å². The molecule has 0 spiro atoms. The van der Waals surface area contributed by atoms with Crippen molar-refractivity contribution in [2.75, 3.05) is 7.05 Å². The second-order valence-corrected chi connectivity index (χ2v) is 6.13. The monoisotopic (exact) mass is 285 g/mol. The van der Waals surface area contributed by atoms with Gasteiger partial charge in [0.1, 0.15) is 11.5 Å². The Bertz CT molecular complexity index is 650. The summed E-state index contributed by atoms with van der Waals surface area (Å²) in [5.74, 6) is 1.97. The second kappa shape index (κ2) is 5.69. The Morgan fingerprint density at radius 1 is 0.810 bits per heavy atom. The molecule has 0 aliphatic rings. The molecule has 1 aromatic carbocycles. The van der Waals surface area contributed by atoms with Crippen molar-refractivity contribution < 1.29 is 4.42 Å². The minimum absolute atomic E-state index is 0.181. The predicted octanol–water partition coefficient (Wildman–Crippen LogP) is 4.75. The van der Waals surface area contributed by atoms with Crippen molar-refractivity contribution in [3.8, 4) is 0 Å². The highest BCUT2D eigenvalue weighted by Crippen LogP contribution is 2.35. The molecule has 0 aliphatic heterocycles. The summed E-state index contributed by atoms with van der Waals surface area (Å²) in [4.78, 5) is 0. The highest BCUT2D eigenvalue weighted by molar-refractivity contribution is 5.53. The maximum absolute atomic E-state index is 5.74. The largest absolute Gasteiger partial charge is 0.466 e. The second-order valence-electron chi connectivity index (χ2n) is 6.13. The van der Waals surface area contributed by atoms with E-state index in [2.05, 4.69) is 46.0 Å². The van der Waals surface area contributed by atoms with Crippen molar-refractivity contribution in [1.29, 1.82) is 0 Å². The minimum Gasteiger partial charge on any atom is -0.466 e. The molecule has 0 radical (unpaired) electrons. The van der Waals surface area contributed by atoms with Gasteiger partial charge < -0.3 is 9.73 Å². The molecule has 0 saturated carbocycles. The van der Waals surface area contributed by atoms with E-state index >= 15 is 0 Å². The summed E-state index contributed by atoms with van der Waals surface area (Å²) in [5.41, 5.74) is 9.59. The molecule has 2 rings (SSSR count). The Morgan fingerprint density at radius 2 is 1.29 bits per heavy atom. The number of rotatable bonds is 3. The first kappa shape index (κ1) is 15.8. The lowest BCUT2D eigenvalue weighted by Crippen LogP contribution is -2.21. The molecular formula is C19H27NO. The number of hydrogen-bond donors (Lipinski definition) is 1. The van der Waals surface area contributed by atoms with Gasteiger partial charge in [-0.25, -0.2) is 0 Å². The zero-order chi connectivity index (χ0) is 15.9. The average Bonchev–Trinajstić information content (AvgIpc) is 2.78. The van der Waals surface area contributed by atoms with Crippen LogP contribution >= 0.6 is 0 Å². The predicted molar refractivity (Wildman–Crippen MR) is 89.2 cm³/mol. The summed E-state index contributed by atoms with van der Waals surface area (Å²) in [5, 5.41) is 3.48. The molecular weight excluding hydrogens is 258 g/mol. The highest BCUT2D eigenvalue weighted by atomic mass is 16.3. The topological polar surface area (TPSA) is 25.2 Å². The van der Waals surface area contributed by atoms with Gasteiger partial charge in [-0.3, -0.25) is 0 Å². The molecule has 114 valence electrons. The molecule has 2 heteroatoms. The maximum atomic E-state index is 5.74. The van der Waals surface area contributed by atoms with Crippen LogP contribution < -0.4 is 5.32 Å². The third kappa shape index (κ3) is 2.53. The molecule has 1 aromatic heterocycles. The molecule has 0 amide bonds. The SMILES string of the molecule is CNC(c1cc(C)oc1C)c1c(C)c(C)c(C)c(C)c1C. The molecule has 1 N–H and O–H groups in total. The normalized spacial score (nSPS) is 12.8. The molecule has 0 bridgehead atoms. The minimum atomic E-state index is 0.181. The molecule has 2 aromatic rings. The maximum Gasteiger partial charge on any atom is 0.106 e. The fourth-order valence-corrected chi connectivity index (χ4v) is 3.35. The van der Waals surface area contributed by atoms with E-state index in [1.54, 1.807) is 0 Å². The van der Waals surface area contributed by atoms with Crippen LogP contribution in [-0.4, -0.2) is 7.05 Å². The van der Waals surface area contributed by atoms with Gasteiger partial charge in [0.25, 0.3) is 0 Å². The van der Waals surface area contributed by atoms with Crippen molar-refractivity contribution in [1.82, 2.24) is 5.32 Å². The Hall–Kier alpha value is -1.54. The molecule has 21 heavy (non-hydrogen) atoms. The molecule has 0 aliphatic carbocycles. The molecule has 0 saturated heterocycles. The van der Waals surface area contributed by atoms with Gasteiger partial charge >= 0.3 is 0 Å². The lowest BCUT2D eigenvalue weighted by atomic mass is 9.84. The van der Waals surface area contributed by atoms with Gasteiger partial charge in [0.05, 0.1) is 6.04 Å². The zero-order valence-corrected chi connectivity index (χ0v) is 14.6. The molecule has 1 heterocycles. The van der Waals surface area contributed by atoms with Crippen molar-refractivity contribution in [2.24, 2.45) is 0 Å². The molecule has 1 atom stereocenters. The van der Waals surface area contributed by atoms with Crippen LogP contribution in [0.3, 0.4) is 0 Å². The Labute approximate surface area is 128 Å². The molecule has 2 nitrogen and oxygen atoms in total. The molecule has 0 fully saturated rings. The van der Waals surface area contributed by atoms with Gasteiger partial charge in [-0.2, -0.15) is 0 Å². The van der Waals surface area contributed by atoms with E-state index in [9.17, 15) is 0 Å². The van der Waals surface area contributed by atoms with Gasteiger partial charge in [0.15, 0.2) is 0 Å². The summed E-state index contributed by atoms with van der Waals surface area (Å²) in [7, 11) is 2.02.